The van der Waals surface area contributed by atoms with E-state index in [1.165, 1.54) is 9.24 Å². The van der Waals surface area contributed by atoms with E-state index in [9.17, 15) is 14.4 Å². The Balaban J connectivity index is 1.72. The number of aromatic nitrogens is 2. The van der Waals surface area contributed by atoms with Crippen molar-refractivity contribution in [1.82, 2.24) is 19.5 Å². The van der Waals surface area contributed by atoms with Gasteiger partial charge in [0.05, 0.1) is 23.7 Å². The maximum atomic E-state index is 13.0. The van der Waals surface area contributed by atoms with Gasteiger partial charge in [-0.25, -0.2) is 4.79 Å². The van der Waals surface area contributed by atoms with Gasteiger partial charge in [-0.05, 0) is 25.1 Å². The van der Waals surface area contributed by atoms with Crippen LogP contribution in [0.3, 0.4) is 0 Å². The number of nitrogens with one attached hydrogen (secondary N) is 1. The van der Waals surface area contributed by atoms with Crippen LogP contribution in [0.1, 0.15) is 24.8 Å². The molecule has 2 amide bonds. The highest BCUT2D eigenvalue weighted by atomic mass is 16.5. The van der Waals surface area contributed by atoms with Gasteiger partial charge in [-0.15, -0.1) is 0 Å². The Morgan fingerprint density at radius 3 is 2.66 bits per heavy atom. The number of para-hydroxylation sites is 1. The highest BCUT2D eigenvalue weighted by Gasteiger charge is 2.31. The number of hydrogen-bond donors (Lipinski definition) is 1. The normalized spacial score (nSPS) is 21.3. The molecule has 1 N–H and O–H groups in total. The molecule has 2 aliphatic heterocycles. The van der Waals surface area contributed by atoms with Crippen molar-refractivity contribution in [2.75, 3.05) is 38.3 Å². The fourth-order valence-corrected chi connectivity index (χ4v) is 4.28. The van der Waals surface area contributed by atoms with E-state index in [0.29, 0.717) is 25.1 Å². The second kappa shape index (κ2) is 8.10. The van der Waals surface area contributed by atoms with Gasteiger partial charge in [0.15, 0.2) is 0 Å². The molecule has 29 heavy (non-hydrogen) atoms. The number of imidazole rings is 1. The molecule has 2 fully saturated rings. The number of piperidine rings is 1. The maximum Gasteiger partial charge on any atom is 0.348 e. The van der Waals surface area contributed by atoms with E-state index in [1.54, 1.807) is 13.1 Å². The number of amides is 2. The van der Waals surface area contributed by atoms with Crippen LogP contribution in [0.2, 0.25) is 0 Å². The van der Waals surface area contributed by atoms with Crippen molar-refractivity contribution in [3.8, 4) is 0 Å². The van der Waals surface area contributed by atoms with Crippen LogP contribution in [0.15, 0.2) is 23.0 Å². The van der Waals surface area contributed by atoms with Crippen molar-refractivity contribution < 1.29 is 14.3 Å². The van der Waals surface area contributed by atoms with Crippen molar-refractivity contribution in [2.45, 2.75) is 31.9 Å². The number of carbonyl (C=O) groups excluding carboxylic acids is 2. The van der Waals surface area contributed by atoms with Gasteiger partial charge in [-0.1, -0.05) is 12.1 Å². The second-order valence-corrected chi connectivity index (χ2v) is 7.68. The molecule has 0 aliphatic carbocycles. The average Bonchev–Trinajstić information content (AvgIpc) is 2.94. The van der Waals surface area contributed by atoms with E-state index in [-0.39, 0.29) is 36.4 Å². The standard InChI is InChI=1S/C20H27N5O4/c1-21-11-15-13-23(9-10-29-15)12-14-5-3-6-16-19(14)22(2)20(28)24(16)25-17(26)7-4-8-18(25)27/h3,5-6,15,21H,4,7-13H2,1-2H3/t15-/m1/s1. The molecule has 0 unspecified atom stereocenters. The zero-order chi connectivity index (χ0) is 20.5. The minimum atomic E-state index is -0.383. The lowest BCUT2D eigenvalue weighted by Crippen LogP contribution is -2.52. The fraction of sp³-hybridized carbons (Fsp3) is 0.550. The van der Waals surface area contributed by atoms with E-state index in [1.807, 2.05) is 19.2 Å². The monoisotopic (exact) mass is 401 g/mol. The summed E-state index contributed by atoms with van der Waals surface area (Å²) in [4.78, 5) is 40.1. The van der Waals surface area contributed by atoms with Crippen molar-refractivity contribution in [3.63, 3.8) is 0 Å². The molecule has 2 aliphatic rings. The number of benzene rings is 1. The lowest BCUT2D eigenvalue weighted by molar-refractivity contribution is -0.131. The van der Waals surface area contributed by atoms with Crippen LogP contribution in [0.4, 0.5) is 0 Å². The van der Waals surface area contributed by atoms with E-state index in [2.05, 4.69) is 10.2 Å². The van der Waals surface area contributed by atoms with Crippen molar-refractivity contribution in [3.05, 3.63) is 34.2 Å². The number of rotatable bonds is 5. The predicted molar refractivity (Wildman–Crippen MR) is 108 cm³/mol. The topological polar surface area (TPSA) is 88.8 Å². The largest absolute Gasteiger partial charge is 0.374 e. The molecule has 4 rings (SSSR count). The van der Waals surface area contributed by atoms with E-state index in [0.717, 1.165) is 35.7 Å². The summed E-state index contributed by atoms with van der Waals surface area (Å²) in [5.74, 6) is -0.659. The number of hydrogen-bond acceptors (Lipinski definition) is 6. The van der Waals surface area contributed by atoms with Gasteiger partial charge in [-0.3, -0.25) is 19.1 Å². The summed E-state index contributed by atoms with van der Waals surface area (Å²) in [6, 6.07) is 5.66. The Morgan fingerprint density at radius 2 is 1.93 bits per heavy atom. The van der Waals surface area contributed by atoms with Crippen molar-refractivity contribution in [1.29, 1.82) is 0 Å². The molecule has 1 aromatic carbocycles. The predicted octanol–water partition coefficient (Wildman–Crippen LogP) is -0.0647. The van der Waals surface area contributed by atoms with E-state index >= 15 is 0 Å². The lowest BCUT2D eigenvalue weighted by atomic mass is 10.1. The van der Waals surface area contributed by atoms with Crippen LogP contribution < -0.4 is 16.0 Å². The zero-order valence-electron chi connectivity index (χ0n) is 16.9. The number of ether oxygens (including phenoxy) is 1. The van der Waals surface area contributed by atoms with Crippen LogP contribution in [0, 0.1) is 0 Å². The quantitative estimate of drug-likeness (QED) is 0.706. The van der Waals surface area contributed by atoms with Crippen LogP contribution in [-0.4, -0.2) is 65.4 Å². The smallest absolute Gasteiger partial charge is 0.348 e. The summed E-state index contributed by atoms with van der Waals surface area (Å²) in [5.41, 5.74) is 1.94. The number of nitrogens with zero attached hydrogens (tertiary/aromatic N) is 4. The number of aryl methyl sites for hydroxylation is 1. The molecule has 9 nitrogen and oxygen atoms in total. The molecule has 9 heteroatoms. The molecule has 1 aromatic heterocycles. The van der Waals surface area contributed by atoms with Crippen molar-refractivity contribution in [2.24, 2.45) is 7.05 Å². The van der Waals surface area contributed by atoms with Crippen LogP contribution in [0.25, 0.3) is 11.0 Å². The highest BCUT2D eigenvalue weighted by molar-refractivity contribution is 6.11. The summed E-state index contributed by atoms with van der Waals surface area (Å²) in [6.45, 7) is 3.73. The van der Waals surface area contributed by atoms with E-state index < -0.39 is 0 Å². The maximum absolute atomic E-state index is 13.0. The third-order valence-electron chi connectivity index (χ3n) is 5.63. The average molecular weight is 401 g/mol. The Morgan fingerprint density at radius 1 is 1.17 bits per heavy atom. The van der Waals surface area contributed by atoms with Crippen molar-refractivity contribution >= 4 is 22.8 Å². The van der Waals surface area contributed by atoms with Crippen LogP contribution in [0.5, 0.6) is 0 Å². The number of morpholine rings is 1. The molecule has 0 bridgehead atoms. The molecule has 0 saturated carbocycles. The minimum Gasteiger partial charge on any atom is -0.374 e. The van der Waals surface area contributed by atoms with Gasteiger partial charge >= 0.3 is 5.69 Å². The zero-order valence-corrected chi connectivity index (χ0v) is 16.9. The number of likely N-dealkylation sites (N-methyl/N-ethyl adjacent to an activating group) is 1. The third kappa shape index (κ3) is 3.61. The molecule has 3 heterocycles. The van der Waals surface area contributed by atoms with E-state index in [4.69, 9.17) is 4.74 Å². The van der Waals surface area contributed by atoms with Gasteiger partial charge in [0.2, 0.25) is 11.8 Å². The van der Waals surface area contributed by atoms with Crippen LogP contribution in [-0.2, 0) is 27.9 Å². The molecule has 2 saturated heterocycles. The second-order valence-electron chi connectivity index (χ2n) is 7.68. The van der Waals surface area contributed by atoms with Gasteiger partial charge < -0.3 is 10.1 Å². The summed E-state index contributed by atoms with van der Waals surface area (Å²) >= 11 is 0. The summed E-state index contributed by atoms with van der Waals surface area (Å²) in [5, 5.41) is 4.17. The SMILES string of the molecule is CNC[C@@H]1CN(Cc2cccc3c2n(C)c(=O)n3N2C(=O)CCCC2=O)CCO1. The van der Waals surface area contributed by atoms with Gasteiger partial charge in [-0.2, -0.15) is 9.69 Å². The lowest BCUT2D eigenvalue weighted by Gasteiger charge is -2.33. The Labute approximate surface area is 168 Å². The number of carbonyl (C=O) groups is 2. The van der Waals surface area contributed by atoms with Gasteiger partial charge in [0, 0.05) is 46.1 Å². The summed E-state index contributed by atoms with van der Waals surface area (Å²) in [7, 11) is 3.59. The molecular weight excluding hydrogens is 374 g/mol. The molecular formula is C20H27N5O4. The summed E-state index contributed by atoms with van der Waals surface area (Å²) < 4.78 is 8.55. The fourth-order valence-electron chi connectivity index (χ4n) is 4.28. The molecule has 0 radical (unpaired) electrons. The molecule has 1 atom stereocenters. The molecule has 0 spiro atoms. The van der Waals surface area contributed by atoms with Gasteiger partial charge in [0.25, 0.3) is 0 Å². The first kappa shape index (κ1) is 19.8. The Kier molecular flexibility index (Phi) is 5.53. The first-order valence-corrected chi connectivity index (χ1v) is 10.0. The molecule has 156 valence electrons. The Bertz CT molecular complexity index is 977. The van der Waals surface area contributed by atoms with Gasteiger partial charge in [0.1, 0.15) is 0 Å². The highest BCUT2D eigenvalue weighted by Crippen LogP contribution is 2.22. The third-order valence-corrected chi connectivity index (χ3v) is 5.63. The molecule has 2 aromatic rings. The summed E-state index contributed by atoms with van der Waals surface area (Å²) in [6.07, 6.45) is 1.21. The number of imide groups is 1. The van der Waals surface area contributed by atoms with Crippen LogP contribution >= 0.6 is 0 Å². The first-order valence-electron chi connectivity index (χ1n) is 10.0. The Hall–Kier alpha value is -2.49. The minimum absolute atomic E-state index is 0.130. The number of fused-ring (bicyclic) bond motifs is 1. The first-order chi connectivity index (χ1) is 14.0.